The third-order valence-electron chi connectivity index (χ3n) is 5.27. The summed E-state index contributed by atoms with van der Waals surface area (Å²) in [5.74, 6) is -0.645. The van der Waals surface area contributed by atoms with Crippen molar-refractivity contribution in [3.8, 4) is 17.6 Å². The van der Waals surface area contributed by atoms with Crippen LogP contribution in [0.5, 0.6) is 11.5 Å². The van der Waals surface area contributed by atoms with Crippen LogP contribution in [-0.4, -0.2) is 36.7 Å². The van der Waals surface area contributed by atoms with Gasteiger partial charge < -0.3 is 9.47 Å². The van der Waals surface area contributed by atoms with Crippen LogP contribution in [0.15, 0.2) is 48.5 Å². The van der Waals surface area contributed by atoms with Crippen molar-refractivity contribution in [2.24, 2.45) is 0 Å². The van der Waals surface area contributed by atoms with Crippen LogP contribution in [0.3, 0.4) is 0 Å². The first-order chi connectivity index (χ1) is 16.9. The number of carbonyl (C=O) groups is 1. The monoisotopic (exact) mass is 518 g/mol. The number of unbranched alkanes of at least 4 members (excludes halogenated alkanes) is 2. The molecule has 0 aliphatic rings. The Morgan fingerprint density at radius 2 is 1.25 bits per heavy atom. The fourth-order valence-electron chi connectivity index (χ4n) is 3.55. The van der Waals surface area contributed by atoms with Crippen LogP contribution in [-0.2, 0) is 10.2 Å². The predicted molar refractivity (Wildman–Crippen MR) is 115 cm³/mol. The lowest BCUT2D eigenvalue weighted by molar-refractivity contribution is -0.154. The number of benzene rings is 2. The van der Waals surface area contributed by atoms with Crippen LogP contribution in [0.1, 0.15) is 43.2 Å². The Morgan fingerprint density at radius 3 is 1.61 bits per heavy atom. The van der Waals surface area contributed by atoms with Gasteiger partial charge in [-0.2, -0.15) is 31.6 Å². The average molecular weight is 518 g/mol. The summed E-state index contributed by atoms with van der Waals surface area (Å²) in [5.41, 5.74) is 1.13. The molecule has 0 saturated heterocycles. The van der Waals surface area contributed by atoms with E-state index in [2.05, 4.69) is 6.07 Å². The van der Waals surface area contributed by atoms with E-state index < -0.39 is 36.9 Å². The van der Waals surface area contributed by atoms with Gasteiger partial charge in [0, 0.05) is 6.42 Å². The molecule has 6 nitrogen and oxygen atoms in total. The number of rotatable bonds is 12. The molecule has 0 bridgehead atoms. The minimum Gasteiger partial charge on any atom is -0.484 e. The third kappa shape index (κ3) is 8.96. The number of hydroxylamine groups is 1. The first-order valence-electron chi connectivity index (χ1n) is 10.8. The Bertz CT molecular complexity index is 954. The molecule has 0 aliphatic heterocycles. The number of hydrogen-bond donors (Lipinski definition) is 2. The maximum atomic E-state index is 12.4. The van der Waals surface area contributed by atoms with Gasteiger partial charge in [-0.25, -0.2) is 5.48 Å². The standard InChI is InChI=1S/C24H24F6N2O4/c25-23(26,27)15-35-19-9-5-17(6-10-19)22(14-31,13-3-1-2-4-21(33)32-34)18-7-11-20(12-8-18)36-16-24(28,29)30/h5-12,34H,1-4,13,15-16H2,(H,32,33). The van der Waals surface area contributed by atoms with Crippen molar-refractivity contribution < 1.29 is 45.8 Å². The molecule has 12 heteroatoms. The van der Waals surface area contributed by atoms with E-state index in [1.54, 1.807) is 0 Å². The molecule has 0 aromatic heterocycles. The quantitative estimate of drug-likeness (QED) is 0.160. The molecule has 0 heterocycles. The fourth-order valence-corrected chi connectivity index (χ4v) is 3.55. The van der Waals surface area contributed by atoms with Crippen molar-refractivity contribution >= 4 is 5.91 Å². The fraction of sp³-hybridized carbons (Fsp3) is 0.417. The molecule has 0 saturated carbocycles. The van der Waals surface area contributed by atoms with Crippen molar-refractivity contribution in [1.29, 1.82) is 5.26 Å². The molecule has 2 aromatic rings. The van der Waals surface area contributed by atoms with E-state index in [-0.39, 0.29) is 24.3 Å². The molecule has 2 aromatic carbocycles. The summed E-state index contributed by atoms with van der Waals surface area (Å²) in [6.07, 6.45) is -7.29. The van der Waals surface area contributed by atoms with Gasteiger partial charge >= 0.3 is 12.4 Å². The van der Waals surface area contributed by atoms with E-state index in [1.807, 2.05) is 0 Å². The number of nitriles is 1. The molecule has 36 heavy (non-hydrogen) atoms. The number of ether oxygens (including phenoxy) is 2. The average Bonchev–Trinajstić information content (AvgIpc) is 2.83. The zero-order valence-corrected chi connectivity index (χ0v) is 19.0. The Balaban J connectivity index is 2.28. The molecular formula is C24H24F6N2O4. The van der Waals surface area contributed by atoms with Gasteiger partial charge in [0.1, 0.15) is 16.9 Å². The largest absolute Gasteiger partial charge is 0.484 e. The predicted octanol–water partition coefficient (Wildman–Crippen LogP) is 5.83. The van der Waals surface area contributed by atoms with Crippen molar-refractivity contribution in [2.45, 2.75) is 49.9 Å². The normalized spacial score (nSPS) is 12.1. The van der Waals surface area contributed by atoms with E-state index in [0.29, 0.717) is 30.4 Å². The molecule has 2 rings (SSSR count). The van der Waals surface area contributed by atoms with Crippen LogP contribution in [0.25, 0.3) is 0 Å². The molecule has 1 amide bonds. The summed E-state index contributed by atoms with van der Waals surface area (Å²) < 4.78 is 84.0. The van der Waals surface area contributed by atoms with E-state index in [0.717, 1.165) is 0 Å². The first kappa shape index (κ1) is 28.8. The highest BCUT2D eigenvalue weighted by molar-refractivity contribution is 5.74. The van der Waals surface area contributed by atoms with E-state index in [4.69, 9.17) is 14.7 Å². The molecule has 0 unspecified atom stereocenters. The Hall–Kier alpha value is -3.46. The number of amides is 1. The molecule has 0 spiro atoms. The Morgan fingerprint density at radius 1 is 0.806 bits per heavy atom. The van der Waals surface area contributed by atoms with Gasteiger partial charge in [0.05, 0.1) is 6.07 Å². The van der Waals surface area contributed by atoms with E-state index in [1.165, 1.54) is 54.0 Å². The highest BCUT2D eigenvalue weighted by atomic mass is 19.4. The Kier molecular flexibility index (Phi) is 9.98. The highest BCUT2D eigenvalue weighted by Gasteiger charge is 2.35. The van der Waals surface area contributed by atoms with Gasteiger partial charge in [-0.15, -0.1) is 0 Å². The lowest BCUT2D eigenvalue weighted by Gasteiger charge is -2.28. The van der Waals surface area contributed by atoms with Gasteiger partial charge in [-0.3, -0.25) is 10.0 Å². The van der Waals surface area contributed by atoms with Crippen molar-refractivity contribution in [3.63, 3.8) is 0 Å². The zero-order valence-electron chi connectivity index (χ0n) is 19.0. The summed E-state index contributed by atoms with van der Waals surface area (Å²) in [6.45, 7) is -2.95. The number of alkyl halides is 6. The van der Waals surface area contributed by atoms with Crippen LogP contribution in [0.4, 0.5) is 26.3 Å². The summed E-state index contributed by atoms with van der Waals surface area (Å²) in [5, 5.41) is 18.8. The second-order valence-electron chi connectivity index (χ2n) is 7.97. The molecule has 0 aliphatic carbocycles. The van der Waals surface area contributed by atoms with E-state index in [9.17, 15) is 36.4 Å². The minimum absolute atomic E-state index is 0.0474. The number of hydrogen-bond acceptors (Lipinski definition) is 5. The van der Waals surface area contributed by atoms with Crippen LogP contribution in [0, 0.1) is 11.3 Å². The Labute approximate surface area is 203 Å². The SMILES string of the molecule is N#CC(CCCCCC(=O)NO)(c1ccc(OCC(F)(F)F)cc1)c1ccc(OCC(F)(F)F)cc1. The van der Waals surface area contributed by atoms with Crippen molar-refractivity contribution in [1.82, 2.24) is 5.48 Å². The third-order valence-corrected chi connectivity index (χ3v) is 5.27. The highest BCUT2D eigenvalue weighted by Crippen LogP contribution is 2.38. The summed E-state index contributed by atoms with van der Waals surface area (Å²) in [6, 6.07) is 13.3. The topological polar surface area (TPSA) is 91.6 Å². The lowest BCUT2D eigenvalue weighted by Crippen LogP contribution is -2.26. The van der Waals surface area contributed by atoms with Crippen molar-refractivity contribution in [3.05, 3.63) is 59.7 Å². The molecule has 0 radical (unpaired) electrons. The molecular weight excluding hydrogens is 494 g/mol. The number of halogens is 6. The summed E-state index contributed by atoms with van der Waals surface area (Å²) >= 11 is 0. The second-order valence-corrected chi connectivity index (χ2v) is 7.97. The molecule has 0 fully saturated rings. The number of nitrogens with zero attached hydrogens (tertiary/aromatic N) is 1. The smallest absolute Gasteiger partial charge is 0.422 e. The minimum atomic E-state index is -4.52. The number of carbonyl (C=O) groups excluding carboxylic acids is 1. The molecule has 196 valence electrons. The molecule has 0 atom stereocenters. The van der Waals surface area contributed by atoms with Gasteiger partial charge in [-0.1, -0.05) is 37.1 Å². The van der Waals surface area contributed by atoms with E-state index >= 15 is 0 Å². The first-order valence-corrected chi connectivity index (χ1v) is 10.8. The van der Waals surface area contributed by atoms with Crippen LogP contribution >= 0.6 is 0 Å². The summed E-state index contributed by atoms with van der Waals surface area (Å²) in [4.78, 5) is 11.2. The van der Waals surface area contributed by atoms with Gasteiger partial charge in [0.2, 0.25) is 5.91 Å². The second kappa shape index (κ2) is 12.5. The van der Waals surface area contributed by atoms with Crippen molar-refractivity contribution in [2.75, 3.05) is 13.2 Å². The lowest BCUT2D eigenvalue weighted by atomic mass is 9.72. The maximum Gasteiger partial charge on any atom is 0.422 e. The van der Waals surface area contributed by atoms with Gasteiger partial charge in [0.15, 0.2) is 13.2 Å². The van der Waals surface area contributed by atoms with Gasteiger partial charge in [-0.05, 0) is 48.2 Å². The van der Waals surface area contributed by atoms with Crippen LogP contribution < -0.4 is 15.0 Å². The maximum absolute atomic E-state index is 12.4. The molecule has 2 N–H and O–H groups in total. The number of nitrogens with one attached hydrogen (secondary N) is 1. The van der Waals surface area contributed by atoms with Crippen LogP contribution in [0.2, 0.25) is 0 Å². The van der Waals surface area contributed by atoms with Gasteiger partial charge in [0.25, 0.3) is 0 Å². The summed E-state index contributed by atoms with van der Waals surface area (Å²) in [7, 11) is 0. The zero-order chi connectivity index (χ0) is 26.8.